The van der Waals surface area contributed by atoms with Gasteiger partial charge in [0.15, 0.2) is 0 Å². The van der Waals surface area contributed by atoms with Gasteiger partial charge in [-0.05, 0) is 18.1 Å². The highest BCUT2D eigenvalue weighted by Crippen LogP contribution is 2.28. The summed E-state index contributed by atoms with van der Waals surface area (Å²) in [5.41, 5.74) is 7.25. The van der Waals surface area contributed by atoms with Gasteiger partial charge in [-0.1, -0.05) is 18.2 Å². The van der Waals surface area contributed by atoms with Gasteiger partial charge in [0.05, 0.1) is 0 Å². The summed E-state index contributed by atoms with van der Waals surface area (Å²) in [5, 5.41) is 9.14. The van der Waals surface area contributed by atoms with Crippen molar-refractivity contribution in [2.45, 2.75) is 6.42 Å². The fourth-order valence-corrected chi connectivity index (χ4v) is 2.01. The van der Waals surface area contributed by atoms with Gasteiger partial charge in [-0.3, -0.25) is 4.90 Å². The molecule has 0 saturated heterocycles. The quantitative estimate of drug-likeness (QED) is 0.711. The van der Waals surface area contributed by atoms with Crippen LogP contribution >= 0.6 is 0 Å². The molecule has 2 rings (SSSR count). The van der Waals surface area contributed by atoms with Gasteiger partial charge < -0.3 is 10.8 Å². The van der Waals surface area contributed by atoms with E-state index in [4.69, 9.17) is 10.8 Å². The Morgan fingerprint density at radius 1 is 1.53 bits per heavy atom. The molecule has 0 bridgehead atoms. The van der Waals surface area contributed by atoms with E-state index in [1.165, 1.54) is 4.90 Å². The first-order valence-corrected chi connectivity index (χ1v) is 4.98. The van der Waals surface area contributed by atoms with Crippen molar-refractivity contribution >= 4 is 11.7 Å². The average Bonchev–Trinajstić information content (AvgIpc) is 2.27. The predicted molar refractivity (Wildman–Crippen MR) is 57.7 cm³/mol. The number of para-hydroxylation sites is 1. The second-order valence-electron chi connectivity index (χ2n) is 3.83. The number of nitrogens with two attached hydrogens (primary N) is 1. The van der Waals surface area contributed by atoms with Crippen LogP contribution in [-0.4, -0.2) is 24.3 Å². The molecular weight excluding hydrogens is 192 g/mol. The topological polar surface area (TPSA) is 66.6 Å². The third kappa shape index (κ3) is 1.80. The normalized spacial score (nSPS) is 19.8. The summed E-state index contributed by atoms with van der Waals surface area (Å²) in [5.74, 6) is 0.0902. The monoisotopic (exact) mass is 206 g/mol. The van der Waals surface area contributed by atoms with Gasteiger partial charge in [0.2, 0.25) is 0 Å². The Morgan fingerprint density at radius 2 is 2.27 bits per heavy atom. The Hall–Kier alpha value is -1.55. The van der Waals surface area contributed by atoms with Crippen LogP contribution in [0.2, 0.25) is 0 Å². The number of carbonyl (C=O) groups is 1. The molecule has 15 heavy (non-hydrogen) atoms. The summed E-state index contributed by atoms with van der Waals surface area (Å²) in [6, 6.07) is 7.20. The van der Waals surface area contributed by atoms with E-state index in [1.807, 2.05) is 24.3 Å². The Labute approximate surface area is 88.3 Å². The van der Waals surface area contributed by atoms with Crippen molar-refractivity contribution < 1.29 is 9.90 Å². The number of carbonyl (C=O) groups excluding carboxylic acids is 1. The summed E-state index contributed by atoms with van der Waals surface area (Å²) >= 11 is 0. The molecular formula is C11H14N2O2. The molecule has 1 atom stereocenters. The molecule has 0 aromatic heterocycles. The molecule has 3 N–H and O–H groups in total. The van der Waals surface area contributed by atoms with Gasteiger partial charge in [-0.25, -0.2) is 4.79 Å². The number of hydrogen-bond donors (Lipinski definition) is 2. The number of fused-ring (bicyclic) bond motifs is 1. The zero-order valence-corrected chi connectivity index (χ0v) is 8.39. The van der Waals surface area contributed by atoms with Crippen molar-refractivity contribution in [3.05, 3.63) is 29.8 Å². The van der Waals surface area contributed by atoms with E-state index < -0.39 is 6.03 Å². The van der Waals surface area contributed by atoms with Crippen LogP contribution in [-0.2, 0) is 6.42 Å². The van der Waals surface area contributed by atoms with E-state index in [9.17, 15) is 4.79 Å². The molecule has 1 aliphatic heterocycles. The minimum absolute atomic E-state index is 0.0815. The molecule has 2 amide bonds. The van der Waals surface area contributed by atoms with Crippen LogP contribution < -0.4 is 10.6 Å². The van der Waals surface area contributed by atoms with Crippen molar-refractivity contribution in [1.82, 2.24) is 0 Å². The molecule has 1 unspecified atom stereocenters. The Bertz CT molecular complexity index is 379. The Balaban J connectivity index is 2.38. The molecule has 1 aromatic rings. The Morgan fingerprint density at radius 3 is 2.93 bits per heavy atom. The first-order chi connectivity index (χ1) is 7.22. The second-order valence-corrected chi connectivity index (χ2v) is 3.83. The van der Waals surface area contributed by atoms with Crippen molar-refractivity contribution in [2.24, 2.45) is 11.7 Å². The van der Waals surface area contributed by atoms with Crippen LogP contribution in [0.3, 0.4) is 0 Å². The van der Waals surface area contributed by atoms with Gasteiger partial charge in [-0.2, -0.15) is 0 Å². The summed E-state index contributed by atoms with van der Waals surface area (Å²) in [4.78, 5) is 12.8. The minimum atomic E-state index is -0.458. The first-order valence-electron chi connectivity index (χ1n) is 4.98. The highest BCUT2D eigenvalue weighted by Gasteiger charge is 2.26. The molecule has 0 saturated carbocycles. The van der Waals surface area contributed by atoms with Gasteiger partial charge in [0.1, 0.15) is 0 Å². The van der Waals surface area contributed by atoms with Gasteiger partial charge in [0.25, 0.3) is 0 Å². The highest BCUT2D eigenvalue weighted by atomic mass is 16.3. The minimum Gasteiger partial charge on any atom is -0.396 e. The van der Waals surface area contributed by atoms with E-state index in [-0.39, 0.29) is 12.5 Å². The number of amides is 2. The van der Waals surface area contributed by atoms with E-state index >= 15 is 0 Å². The van der Waals surface area contributed by atoms with Crippen LogP contribution in [0, 0.1) is 5.92 Å². The summed E-state index contributed by atoms with van der Waals surface area (Å²) < 4.78 is 0. The number of rotatable bonds is 1. The summed E-state index contributed by atoms with van der Waals surface area (Å²) in [6.07, 6.45) is 0.802. The molecule has 1 aromatic carbocycles. The lowest BCUT2D eigenvalue weighted by atomic mass is 9.93. The molecule has 0 spiro atoms. The van der Waals surface area contributed by atoms with E-state index in [0.29, 0.717) is 6.54 Å². The Kier molecular flexibility index (Phi) is 2.60. The SMILES string of the molecule is NC(=O)N1CC(CO)Cc2ccccc21. The van der Waals surface area contributed by atoms with E-state index in [0.717, 1.165) is 17.7 Å². The van der Waals surface area contributed by atoms with Crippen molar-refractivity contribution in [1.29, 1.82) is 0 Å². The van der Waals surface area contributed by atoms with Gasteiger partial charge >= 0.3 is 6.03 Å². The number of anilines is 1. The highest BCUT2D eigenvalue weighted by molar-refractivity contribution is 5.92. The molecule has 4 heteroatoms. The van der Waals surface area contributed by atoms with Crippen LogP contribution in [0.25, 0.3) is 0 Å². The lowest BCUT2D eigenvalue weighted by molar-refractivity contribution is 0.220. The lowest BCUT2D eigenvalue weighted by Gasteiger charge is -2.32. The van der Waals surface area contributed by atoms with Crippen LogP contribution in [0.15, 0.2) is 24.3 Å². The predicted octanol–water partition coefficient (Wildman–Crippen LogP) is 0.736. The first kappa shape index (κ1) is 9.98. The third-order valence-corrected chi connectivity index (χ3v) is 2.76. The largest absolute Gasteiger partial charge is 0.396 e. The lowest BCUT2D eigenvalue weighted by Crippen LogP contribution is -2.43. The second kappa shape index (κ2) is 3.90. The number of aliphatic hydroxyl groups is 1. The smallest absolute Gasteiger partial charge is 0.319 e. The molecule has 1 aliphatic rings. The molecule has 0 aliphatic carbocycles. The maximum Gasteiger partial charge on any atom is 0.319 e. The molecule has 0 radical (unpaired) electrons. The van der Waals surface area contributed by atoms with E-state index in [2.05, 4.69) is 0 Å². The van der Waals surface area contributed by atoms with Crippen LogP contribution in [0.5, 0.6) is 0 Å². The van der Waals surface area contributed by atoms with Crippen LogP contribution in [0.4, 0.5) is 10.5 Å². The molecule has 4 nitrogen and oxygen atoms in total. The number of urea groups is 1. The zero-order valence-electron chi connectivity index (χ0n) is 8.39. The zero-order chi connectivity index (χ0) is 10.8. The van der Waals surface area contributed by atoms with Gasteiger partial charge in [-0.15, -0.1) is 0 Å². The van der Waals surface area contributed by atoms with Crippen LogP contribution in [0.1, 0.15) is 5.56 Å². The number of benzene rings is 1. The molecule has 80 valence electrons. The maximum absolute atomic E-state index is 11.2. The fraction of sp³-hybridized carbons (Fsp3) is 0.364. The van der Waals surface area contributed by atoms with E-state index in [1.54, 1.807) is 0 Å². The van der Waals surface area contributed by atoms with Crippen molar-refractivity contribution in [2.75, 3.05) is 18.1 Å². The number of nitrogens with zero attached hydrogens (tertiary/aromatic N) is 1. The van der Waals surface area contributed by atoms with Gasteiger partial charge in [0, 0.05) is 24.8 Å². The average molecular weight is 206 g/mol. The number of primary amides is 1. The van der Waals surface area contributed by atoms with Crippen molar-refractivity contribution in [3.63, 3.8) is 0 Å². The number of aliphatic hydroxyl groups excluding tert-OH is 1. The van der Waals surface area contributed by atoms with Crippen molar-refractivity contribution in [3.8, 4) is 0 Å². The third-order valence-electron chi connectivity index (χ3n) is 2.76. The number of hydrogen-bond acceptors (Lipinski definition) is 2. The summed E-state index contributed by atoms with van der Waals surface area (Å²) in [6.45, 7) is 0.584. The molecule has 0 fully saturated rings. The fourth-order valence-electron chi connectivity index (χ4n) is 2.01. The standard InChI is InChI=1S/C11H14N2O2/c12-11(15)13-6-8(7-14)5-9-3-1-2-4-10(9)13/h1-4,8,14H,5-7H2,(H2,12,15). The maximum atomic E-state index is 11.2. The summed E-state index contributed by atoms with van der Waals surface area (Å²) in [7, 11) is 0. The molecule has 1 heterocycles.